The van der Waals surface area contributed by atoms with Gasteiger partial charge in [-0.25, -0.2) is 0 Å². The molecule has 0 fully saturated rings. The van der Waals surface area contributed by atoms with Crippen molar-refractivity contribution in [3.05, 3.63) is 83.4 Å². The predicted octanol–water partition coefficient (Wildman–Crippen LogP) is 5.24. The smallest absolute Gasteiger partial charge is 0.163 e. The Morgan fingerprint density at radius 2 is 1.88 bits per heavy atom. The van der Waals surface area contributed by atoms with Crippen LogP contribution in [0.15, 0.2) is 67.3 Å². The van der Waals surface area contributed by atoms with Crippen LogP contribution in [0.1, 0.15) is 22.8 Å². The molecule has 2 aromatic rings. The van der Waals surface area contributed by atoms with E-state index < -0.39 is 0 Å². The minimum atomic E-state index is -0.123. The highest BCUT2D eigenvalue weighted by Crippen LogP contribution is 2.34. The van der Waals surface area contributed by atoms with E-state index in [1.165, 1.54) is 6.92 Å². The Bertz CT molecular complexity index is 751. The van der Waals surface area contributed by atoms with E-state index in [-0.39, 0.29) is 12.4 Å². The van der Waals surface area contributed by atoms with Gasteiger partial charge in [0.15, 0.2) is 5.78 Å². The fraction of sp³-hybridized carbons (Fsp3) is 0.150. The molecular formula is C20H19ClO3. The zero-order valence-corrected chi connectivity index (χ0v) is 14.3. The van der Waals surface area contributed by atoms with Crippen molar-refractivity contribution in [2.45, 2.75) is 13.5 Å². The molecule has 0 spiro atoms. The first-order valence-corrected chi connectivity index (χ1v) is 7.83. The number of Topliss-reactive ketones (excluding diaryl/α,β-unsaturated/α-hetero) is 1. The molecular weight excluding hydrogens is 324 g/mol. The second-order valence-corrected chi connectivity index (χ2v) is 5.67. The molecule has 0 aromatic heterocycles. The third-order valence-electron chi connectivity index (χ3n) is 3.35. The van der Waals surface area contributed by atoms with Crippen molar-refractivity contribution in [1.29, 1.82) is 0 Å². The van der Waals surface area contributed by atoms with Gasteiger partial charge in [-0.15, -0.1) is 0 Å². The summed E-state index contributed by atoms with van der Waals surface area (Å²) in [7, 11) is 0. The summed E-state index contributed by atoms with van der Waals surface area (Å²) in [5, 5.41) is 0.351. The molecule has 0 amide bonds. The summed E-state index contributed by atoms with van der Waals surface area (Å²) in [6.45, 7) is 9.51. The fourth-order valence-electron chi connectivity index (χ4n) is 2.00. The molecule has 0 heterocycles. The van der Waals surface area contributed by atoms with Gasteiger partial charge in [0.25, 0.3) is 0 Å². The van der Waals surface area contributed by atoms with Crippen LogP contribution in [0.2, 0.25) is 5.02 Å². The fourth-order valence-corrected chi connectivity index (χ4v) is 2.22. The summed E-state index contributed by atoms with van der Waals surface area (Å²) >= 11 is 6.20. The number of ether oxygens (including phenoxy) is 2. The third kappa shape index (κ3) is 4.74. The summed E-state index contributed by atoms with van der Waals surface area (Å²) < 4.78 is 11.4. The molecule has 0 aliphatic rings. The van der Waals surface area contributed by atoms with Crippen LogP contribution < -0.4 is 9.47 Å². The van der Waals surface area contributed by atoms with E-state index in [9.17, 15) is 4.79 Å². The average molecular weight is 343 g/mol. The SMILES string of the molecule is C=CC(=C)COc1cc(OCc2ccccc2)c(C(C)=O)cc1Cl. The number of carbonyl (C=O) groups excluding carboxylic acids is 1. The minimum Gasteiger partial charge on any atom is -0.488 e. The highest BCUT2D eigenvalue weighted by atomic mass is 35.5. The van der Waals surface area contributed by atoms with Gasteiger partial charge in [-0.05, 0) is 24.1 Å². The van der Waals surface area contributed by atoms with Gasteiger partial charge in [0.1, 0.15) is 24.7 Å². The highest BCUT2D eigenvalue weighted by Gasteiger charge is 2.15. The first-order valence-electron chi connectivity index (χ1n) is 7.45. The lowest BCUT2D eigenvalue weighted by Gasteiger charge is -2.14. The maximum Gasteiger partial charge on any atom is 0.163 e. The molecule has 0 N–H and O–H groups in total. The Morgan fingerprint density at radius 3 is 2.50 bits per heavy atom. The maximum absolute atomic E-state index is 11.8. The number of halogens is 1. The van der Waals surface area contributed by atoms with E-state index in [0.29, 0.717) is 28.7 Å². The predicted molar refractivity (Wildman–Crippen MR) is 97.1 cm³/mol. The van der Waals surface area contributed by atoms with Gasteiger partial charge < -0.3 is 9.47 Å². The number of ketones is 1. The zero-order chi connectivity index (χ0) is 17.5. The van der Waals surface area contributed by atoms with Gasteiger partial charge in [-0.3, -0.25) is 4.79 Å². The van der Waals surface area contributed by atoms with Crippen LogP contribution in [0.4, 0.5) is 0 Å². The number of rotatable bonds is 8. The molecule has 4 heteroatoms. The van der Waals surface area contributed by atoms with Crippen LogP contribution in [0, 0.1) is 0 Å². The zero-order valence-electron chi connectivity index (χ0n) is 13.5. The van der Waals surface area contributed by atoms with E-state index in [2.05, 4.69) is 13.2 Å². The van der Waals surface area contributed by atoms with Crippen LogP contribution in [0.3, 0.4) is 0 Å². The van der Waals surface area contributed by atoms with Crippen LogP contribution in [-0.2, 0) is 6.61 Å². The third-order valence-corrected chi connectivity index (χ3v) is 3.65. The van der Waals surface area contributed by atoms with Crippen molar-refractivity contribution in [3.63, 3.8) is 0 Å². The van der Waals surface area contributed by atoms with Gasteiger partial charge in [-0.2, -0.15) is 0 Å². The van der Waals surface area contributed by atoms with Gasteiger partial charge in [-0.1, -0.05) is 61.2 Å². The van der Waals surface area contributed by atoms with E-state index in [0.717, 1.165) is 11.1 Å². The lowest BCUT2D eigenvalue weighted by atomic mass is 10.1. The Hall–Kier alpha value is -2.52. The Labute approximate surface area is 147 Å². The standard InChI is InChI=1S/C20H19ClO3/c1-4-14(2)12-23-20-11-19(17(15(3)22)10-18(20)21)24-13-16-8-6-5-7-9-16/h4-11H,1-2,12-13H2,3H3. The monoisotopic (exact) mass is 342 g/mol. The van der Waals surface area contributed by atoms with Crippen LogP contribution in [0.25, 0.3) is 0 Å². The van der Waals surface area contributed by atoms with Crippen molar-refractivity contribution < 1.29 is 14.3 Å². The molecule has 0 aliphatic heterocycles. The highest BCUT2D eigenvalue weighted by molar-refractivity contribution is 6.32. The molecule has 0 aliphatic carbocycles. The van der Waals surface area contributed by atoms with Crippen molar-refractivity contribution in [3.8, 4) is 11.5 Å². The molecule has 0 radical (unpaired) electrons. The van der Waals surface area contributed by atoms with E-state index in [1.807, 2.05) is 30.3 Å². The quantitative estimate of drug-likeness (QED) is 0.486. The summed E-state index contributed by atoms with van der Waals surface area (Å²) in [6.07, 6.45) is 1.62. The molecule has 3 nitrogen and oxygen atoms in total. The summed E-state index contributed by atoms with van der Waals surface area (Å²) in [5.41, 5.74) is 2.16. The number of benzene rings is 2. The molecule has 124 valence electrons. The van der Waals surface area contributed by atoms with Gasteiger partial charge in [0, 0.05) is 6.07 Å². The Balaban J connectivity index is 2.24. The molecule has 24 heavy (non-hydrogen) atoms. The van der Waals surface area contributed by atoms with Crippen LogP contribution >= 0.6 is 11.6 Å². The summed E-state index contributed by atoms with van der Waals surface area (Å²) in [6, 6.07) is 12.9. The van der Waals surface area contributed by atoms with Crippen molar-refractivity contribution >= 4 is 17.4 Å². The molecule has 0 unspecified atom stereocenters. The molecule has 2 aromatic carbocycles. The van der Waals surface area contributed by atoms with Gasteiger partial charge in [0.05, 0.1) is 10.6 Å². The summed E-state index contributed by atoms with van der Waals surface area (Å²) in [5.74, 6) is 0.754. The van der Waals surface area contributed by atoms with E-state index in [4.69, 9.17) is 21.1 Å². The molecule has 2 rings (SSSR count). The van der Waals surface area contributed by atoms with Gasteiger partial charge >= 0.3 is 0 Å². The number of hydrogen-bond acceptors (Lipinski definition) is 3. The summed E-state index contributed by atoms with van der Waals surface area (Å²) in [4.78, 5) is 11.8. The average Bonchev–Trinajstić information content (AvgIpc) is 2.59. The topological polar surface area (TPSA) is 35.5 Å². The van der Waals surface area contributed by atoms with Crippen molar-refractivity contribution in [1.82, 2.24) is 0 Å². The molecule has 0 saturated heterocycles. The minimum absolute atomic E-state index is 0.123. The lowest BCUT2D eigenvalue weighted by molar-refractivity contribution is 0.101. The Kier molecular flexibility index (Phi) is 6.21. The van der Waals surface area contributed by atoms with Crippen molar-refractivity contribution in [2.24, 2.45) is 0 Å². The van der Waals surface area contributed by atoms with E-state index >= 15 is 0 Å². The van der Waals surface area contributed by atoms with Gasteiger partial charge in [0.2, 0.25) is 0 Å². The maximum atomic E-state index is 11.8. The molecule has 0 bridgehead atoms. The second kappa shape index (κ2) is 8.37. The lowest BCUT2D eigenvalue weighted by Crippen LogP contribution is -2.04. The number of hydrogen-bond donors (Lipinski definition) is 0. The second-order valence-electron chi connectivity index (χ2n) is 5.26. The normalized spacial score (nSPS) is 10.1. The first kappa shape index (κ1) is 17.8. The largest absolute Gasteiger partial charge is 0.488 e. The first-order chi connectivity index (χ1) is 11.5. The van der Waals surface area contributed by atoms with E-state index in [1.54, 1.807) is 18.2 Å². The van der Waals surface area contributed by atoms with Crippen LogP contribution in [-0.4, -0.2) is 12.4 Å². The molecule has 0 atom stereocenters. The molecule has 0 saturated carbocycles. The number of carbonyl (C=O) groups is 1. The van der Waals surface area contributed by atoms with Crippen LogP contribution in [0.5, 0.6) is 11.5 Å². The Morgan fingerprint density at radius 1 is 1.17 bits per heavy atom. The van der Waals surface area contributed by atoms with Crippen molar-refractivity contribution in [2.75, 3.05) is 6.61 Å².